The molecular formula is C9H16N2O2. The van der Waals surface area contributed by atoms with E-state index in [2.05, 4.69) is 5.10 Å². The molecule has 13 heavy (non-hydrogen) atoms. The van der Waals surface area contributed by atoms with E-state index in [4.69, 9.17) is 9.84 Å². The molecule has 0 aliphatic rings. The Morgan fingerprint density at radius 3 is 2.62 bits per heavy atom. The Bertz CT molecular complexity index is 292. The van der Waals surface area contributed by atoms with Crippen molar-refractivity contribution in [2.75, 3.05) is 13.7 Å². The molecule has 1 rings (SSSR count). The lowest BCUT2D eigenvalue weighted by Gasteiger charge is -2.17. The average Bonchev–Trinajstić information content (AvgIpc) is 2.47. The summed E-state index contributed by atoms with van der Waals surface area (Å²) < 4.78 is 6.74. The van der Waals surface area contributed by atoms with Crippen molar-refractivity contribution in [3.63, 3.8) is 0 Å². The number of hydrogen-bond donors (Lipinski definition) is 1. The first-order chi connectivity index (χ1) is 6.01. The highest BCUT2D eigenvalue weighted by Crippen LogP contribution is 2.24. The maximum Gasteiger partial charge on any atom is 0.211 e. The summed E-state index contributed by atoms with van der Waals surface area (Å²) in [5, 5.41) is 13.4. The molecule has 4 heteroatoms. The van der Waals surface area contributed by atoms with Crippen LogP contribution in [0.4, 0.5) is 0 Å². The highest BCUT2D eigenvalue weighted by atomic mass is 16.5. The molecule has 0 unspecified atom stereocenters. The van der Waals surface area contributed by atoms with E-state index < -0.39 is 0 Å². The number of methoxy groups -OCH3 is 1. The van der Waals surface area contributed by atoms with E-state index in [0.29, 0.717) is 5.88 Å². The minimum absolute atomic E-state index is 0.0766. The largest absolute Gasteiger partial charge is 0.481 e. The number of nitrogens with zero attached hydrogens (tertiary/aromatic N) is 2. The van der Waals surface area contributed by atoms with E-state index in [1.54, 1.807) is 11.8 Å². The molecule has 0 radical (unpaired) electrons. The normalized spacial score (nSPS) is 11.8. The second-order valence-electron chi connectivity index (χ2n) is 3.74. The number of aromatic nitrogens is 2. The van der Waals surface area contributed by atoms with Crippen LogP contribution in [0.15, 0.2) is 6.07 Å². The van der Waals surface area contributed by atoms with Crippen LogP contribution in [0, 0.1) is 0 Å². The number of aliphatic hydroxyl groups excluding tert-OH is 1. The molecule has 74 valence electrons. The number of aliphatic hydroxyl groups is 1. The van der Waals surface area contributed by atoms with E-state index in [0.717, 1.165) is 5.69 Å². The van der Waals surface area contributed by atoms with Crippen molar-refractivity contribution in [1.82, 2.24) is 9.78 Å². The molecule has 0 aromatic carbocycles. The van der Waals surface area contributed by atoms with E-state index in [9.17, 15) is 0 Å². The van der Waals surface area contributed by atoms with Gasteiger partial charge in [0, 0.05) is 18.5 Å². The summed E-state index contributed by atoms with van der Waals surface area (Å²) in [6, 6.07) is 1.84. The van der Waals surface area contributed by atoms with Crippen molar-refractivity contribution in [3.8, 4) is 5.88 Å². The lowest BCUT2D eigenvalue weighted by Crippen LogP contribution is -2.22. The zero-order valence-corrected chi connectivity index (χ0v) is 8.53. The standard InChI is InChI=1S/C9H16N2O2/c1-9(2,6-12)7-5-8(13-4)11(3)10-7/h5,12H,6H2,1-4H3. The average molecular weight is 184 g/mol. The fourth-order valence-electron chi connectivity index (χ4n) is 1.05. The Labute approximate surface area is 78.1 Å². The summed E-state index contributed by atoms with van der Waals surface area (Å²) >= 11 is 0. The van der Waals surface area contributed by atoms with Crippen molar-refractivity contribution in [2.24, 2.45) is 7.05 Å². The molecule has 1 aromatic heterocycles. The van der Waals surface area contributed by atoms with Crippen molar-refractivity contribution in [1.29, 1.82) is 0 Å². The van der Waals surface area contributed by atoms with Crippen LogP contribution in [0.5, 0.6) is 5.88 Å². The summed E-state index contributed by atoms with van der Waals surface area (Å²) in [4.78, 5) is 0. The van der Waals surface area contributed by atoms with Crippen LogP contribution in [-0.4, -0.2) is 28.6 Å². The van der Waals surface area contributed by atoms with E-state index in [1.807, 2.05) is 27.0 Å². The SMILES string of the molecule is COc1cc(C(C)(C)CO)nn1C. The van der Waals surface area contributed by atoms with Gasteiger partial charge in [-0.05, 0) is 0 Å². The maximum atomic E-state index is 9.13. The van der Waals surface area contributed by atoms with Crippen LogP contribution in [-0.2, 0) is 12.5 Å². The van der Waals surface area contributed by atoms with Gasteiger partial charge in [-0.15, -0.1) is 0 Å². The molecule has 1 N–H and O–H groups in total. The monoisotopic (exact) mass is 184 g/mol. The van der Waals surface area contributed by atoms with Gasteiger partial charge in [-0.25, -0.2) is 4.68 Å². The summed E-state index contributed by atoms with van der Waals surface area (Å²) in [7, 11) is 3.42. The highest BCUT2D eigenvalue weighted by Gasteiger charge is 2.23. The molecule has 0 saturated heterocycles. The Morgan fingerprint density at radius 2 is 2.23 bits per heavy atom. The van der Waals surface area contributed by atoms with Crippen molar-refractivity contribution in [2.45, 2.75) is 19.3 Å². The highest BCUT2D eigenvalue weighted by molar-refractivity contribution is 5.22. The van der Waals surface area contributed by atoms with Gasteiger partial charge in [0.25, 0.3) is 0 Å². The van der Waals surface area contributed by atoms with Crippen LogP contribution in [0.1, 0.15) is 19.5 Å². The summed E-state index contributed by atoms with van der Waals surface area (Å²) in [5.74, 6) is 0.705. The zero-order valence-electron chi connectivity index (χ0n) is 8.53. The second-order valence-corrected chi connectivity index (χ2v) is 3.74. The fraction of sp³-hybridized carbons (Fsp3) is 0.667. The van der Waals surface area contributed by atoms with Crippen LogP contribution >= 0.6 is 0 Å². The number of aryl methyl sites for hydroxylation is 1. The molecule has 0 spiro atoms. The Kier molecular flexibility index (Phi) is 2.61. The Morgan fingerprint density at radius 1 is 1.62 bits per heavy atom. The van der Waals surface area contributed by atoms with E-state index in [1.165, 1.54) is 0 Å². The van der Waals surface area contributed by atoms with Gasteiger partial charge in [0.2, 0.25) is 5.88 Å². The quantitative estimate of drug-likeness (QED) is 0.752. The van der Waals surface area contributed by atoms with Gasteiger partial charge >= 0.3 is 0 Å². The third-order valence-electron chi connectivity index (χ3n) is 2.13. The van der Waals surface area contributed by atoms with Crippen LogP contribution in [0.25, 0.3) is 0 Å². The second kappa shape index (κ2) is 3.38. The van der Waals surface area contributed by atoms with Gasteiger partial charge in [0.15, 0.2) is 0 Å². The van der Waals surface area contributed by atoms with Crippen LogP contribution < -0.4 is 4.74 Å². The van der Waals surface area contributed by atoms with Gasteiger partial charge in [0.05, 0.1) is 19.4 Å². The third kappa shape index (κ3) is 1.83. The van der Waals surface area contributed by atoms with Crippen LogP contribution in [0.3, 0.4) is 0 Å². The summed E-state index contributed by atoms with van der Waals surface area (Å²) in [5.41, 5.74) is 0.531. The van der Waals surface area contributed by atoms with Gasteiger partial charge in [-0.2, -0.15) is 5.10 Å². The molecule has 0 bridgehead atoms. The van der Waals surface area contributed by atoms with Gasteiger partial charge < -0.3 is 9.84 Å². The van der Waals surface area contributed by atoms with Crippen molar-refractivity contribution >= 4 is 0 Å². The molecule has 0 aliphatic heterocycles. The minimum atomic E-state index is -0.311. The molecular weight excluding hydrogens is 168 g/mol. The molecule has 0 aliphatic carbocycles. The van der Waals surface area contributed by atoms with Gasteiger partial charge in [-0.1, -0.05) is 13.8 Å². The third-order valence-corrected chi connectivity index (χ3v) is 2.13. The van der Waals surface area contributed by atoms with Gasteiger partial charge in [-0.3, -0.25) is 0 Å². The molecule has 4 nitrogen and oxygen atoms in total. The molecule has 1 heterocycles. The minimum Gasteiger partial charge on any atom is -0.481 e. The summed E-state index contributed by atoms with van der Waals surface area (Å²) in [6.07, 6.45) is 0. The molecule has 0 fully saturated rings. The first-order valence-corrected chi connectivity index (χ1v) is 4.20. The van der Waals surface area contributed by atoms with E-state index >= 15 is 0 Å². The smallest absolute Gasteiger partial charge is 0.211 e. The predicted octanol–water partition coefficient (Wildman–Crippen LogP) is 0.699. The summed E-state index contributed by atoms with van der Waals surface area (Å²) in [6.45, 7) is 3.96. The first-order valence-electron chi connectivity index (χ1n) is 4.20. The molecule has 1 aromatic rings. The predicted molar refractivity (Wildman–Crippen MR) is 49.9 cm³/mol. The topological polar surface area (TPSA) is 47.3 Å². The van der Waals surface area contributed by atoms with Crippen LogP contribution in [0.2, 0.25) is 0 Å². The van der Waals surface area contributed by atoms with E-state index in [-0.39, 0.29) is 12.0 Å². The lowest BCUT2D eigenvalue weighted by atomic mass is 9.91. The Hall–Kier alpha value is -1.03. The number of rotatable bonds is 3. The lowest BCUT2D eigenvalue weighted by molar-refractivity contribution is 0.214. The molecule has 0 amide bonds. The molecule has 0 atom stereocenters. The van der Waals surface area contributed by atoms with Crippen molar-refractivity contribution in [3.05, 3.63) is 11.8 Å². The number of ether oxygens (including phenoxy) is 1. The molecule has 0 saturated carbocycles. The van der Waals surface area contributed by atoms with Gasteiger partial charge in [0.1, 0.15) is 0 Å². The first kappa shape index (κ1) is 10.1. The fourth-order valence-corrected chi connectivity index (χ4v) is 1.05. The maximum absolute atomic E-state index is 9.13. The zero-order chi connectivity index (χ0) is 10.1. The van der Waals surface area contributed by atoms with Crippen molar-refractivity contribution < 1.29 is 9.84 Å². The number of hydrogen-bond acceptors (Lipinski definition) is 3. The Balaban J connectivity index is 3.03.